The highest BCUT2D eigenvalue weighted by Crippen LogP contribution is 2.18. The molecule has 0 amide bonds. The van der Waals surface area contributed by atoms with Gasteiger partial charge in [-0.1, -0.05) is 111 Å². The van der Waals surface area contributed by atoms with E-state index in [0.717, 1.165) is 10.2 Å². The van der Waals surface area contributed by atoms with Crippen LogP contribution in [0, 0.1) is 0 Å². The Morgan fingerprint density at radius 1 is 0.513 bits per heavy atom. The highest BCUT2D eigenvalue weighted by atomic mass is 28.4. The smallest absolute Gasteiger partial charge is 0.170 e. The van der Waals surface area contributed by atoms with Crippen LogP contribution < -0.4 is 0 Å². The summed E-state index contributed by atoms with van der Waals surface area (Å²) in [6.07, 6.45) is 2.50. The molecule has 0 aliphatic carbocycles. The first kappa shape index (κ1) is 56.4. The molecule has 0 heterocycles. The largest absolute Gasteiger partial charge is 0.456 e. The topological polar surface area (TPSA) is 18.5 Å². The van der Waals surface area contributed by atoms with Crippen LogP contribution in [-0.4, -0.2) is 71.3 Å². The van der Waals surface area contributed by atoms with Gasteiger partial charge >= 0.3 is 0 Å². The first-order valence-corrected chi connectivity index (χ1v) is 39.4. The van der Waals surface area contributed by atoms with Crippen molar-refractivity contribution in [2.75, 3.05) is 0 Å². The van der Waals surface area contributed by atoms with Crippen molar-refractivity contribution in [1.82, 2.24) is 0 Å². The second-order valence-electron chi connectivity index (χ2n) is 15.4. The van der Waals surface area contributed by atoms with Gasteiger partial charge in [0, 0.05) is 38.1 Å². The lowest BCUT2D eigenvalue weighted by molar-refractivity contribution is 0.558. The fourth-order valence-corrected chi connectivity index (χ4v) is 18.8. The molecule has 0 bridgehead atoms. The van der Waals surface area contributed by atoms with Gasteiger partial charge in [-0.15, -0.1) is 0 Å². The van der Waals surface area contributed by atoms with Gasteiger partial charge in [-0.2, -0.15) is 0 Å². The van der Waals surface area contributed by atoms with E-state index in [1.165, 1.54) is 12.8 Å². The van der Waals surface area contributed by atoms with Crippen LogP contribution in [0.3, 0.4) is 0 Å². The Bertz CT molecular complexity index is 374. The van der Waals surface area contributed by atoms with Crippen molar-refractivity contribution in [1.29, 1.82) is 0 Å². The molecule has 0 atom stereocenters. The summed E-state index contributed by atoms with van der Waals surface area (Å²) in [6, 6.07) is 0. The van der Waals surface area contributed by atoms with E-state index in [9.17, 15) is 0 Å². The van der Waals surface area contributed by atoms with Gasteiger partial charge in [0.1, 0.15) is 0 Å². The third-order valence-corrected chi connectivity index (χ3v) is 22.2. The number of hydrogen-bond acceptors (Lipinski definition) is 2. The third-order valence-electron chi connectivity index (χ3n) is 3.96. The maximum absolute atomic E-state index is 5.90. The van der Waals surface area contributed by atoms with Gasteiger partial charge in [0.25, 0.3) is 0 Å². The summed E-state index contributed by atoms with van der Waals surface area (Å²) in [4.78, 5) is 0. The molecule has 39 heavy (non-hydrogen) atoms. The molecule has 0 aromatic heterocycles. The summed E-state index contributed by atoms with van der Waals surface area (Å²) >= 11 is 0. The molecule has 0 unspecified atom stereocenters. The monoisotopic (exact) mass is 692 g/mol. The zero-order chi connectivity index (χ0) is 33.7. The lowest BCUT2D eigenvalue weighted by atomic mass is 10.5. The van der Waals surface area contributed by atoms with E-state index >= 15 is 0 Å². The van der Waals surface area contributed by atoms with Crippen LogP contribution in [0.25, 0.3) is 0 Å². The van der Waals surface area contributed by atoms with Crippen molar-refractivity contribution >= 4 is 71.3 Å². The van der Waals surface area contributed by atoms with Gasteiger partial charge in [-0.05, 0) is 78.6 Å². The molecule has 0 fully saturated rings. The van der Waals surface area contributed by atoms with E-state index in [1.54, 1.807) is 0 Å². The van der Waals surface area contributed by atoms with Crippen molar-refractivity contribution in [3.63, 3.8) is 0 Å². The Hall–Kier alpha value is 1.66. The Labute approximate surface area is 268 Å². The van der Waals surface area contributed by atoms with Crippen LogP contribution in [0.5, 0.6) is 0 Å². The van der Waals surface area contributed by atoms with E-state index in [2.05, 4.69) is 167 Å². The molecular formula is C29H88O2Si8. The minimum absolute atomic E-state index is 0.304. The van der Waals surface area contributed by atoms with E-state index in [0.29, 0.717) is 38.1 Å². The predicted octanol–water partition coefficient (Wildman–Crippen LogP) is 10.0. The molecule has 0 radical (unpaired) electrons. The van der Waals surface area contributed by atoms with E-state index in [-0.39, 0.29) is 0 Å². The minimum Gasteiger partial charge on any atom is -0.456 e. The molecular weight excluding hydrogens is 605 g/mol. The van der Waals surface area contributed by atoms with Gasteiger partial charge in [-0.3, -0.25) is 0 Å². The second-order valence-corrected chi connectivity index (χ2v) is 44.1. The van der Waals surface area contributed by atoms with Gasteiger partial charge in [-0.25, -0.2) is 0 Å². The van der Waals surface area contributed by atoms with E-state index < -0.39 is 33.3 Å². The first-order valence-electron chi connectivity index (χ1n) is 16.5. The summed E-state index contributed by atoms with van der Waals surface area (Å²) in [5.74, 6) is 0. The van der Waals surface area contributed by atoms with Crippen molar-refractivity contribution in [2.45, 2.75) is 190 Å². The van der Waals surface area contributed by atoms with Gasteiger partial charge in [0.05, 0.1) is 0 Å². The highest BCUT2D eigenvalue weighted by molar-refractivity contribution is 6.84. The van der Waals surface area contributed by atoms with Crippen molar-refractivity contribution in [3.8, 4) is 0 Å². The zero-order valence-corrected chi connectivity index (χ0v) is 42.8. The lowest BCUT2D eigenvalue weighted by Gasteiger charge is -2.27. The van der Waals surface area contributed by atoms with E-state index in [1.807, 2.05) is 0 Å². The predicted molar refractivity (Wildman–Crippen MR) is 220 cm³/mol. The van der Waals surface area contributed by atoms with Crippen molar-refractivity contribution in [2.24, 2.45) is 0 Å². The Kier molecular flexibility index (Phi) is 47.1. The normalized spacial score (nSPS) is 12.2. The fraction of sp³-hybridized carbons (Fsp3) is 1.00. The Morgan fingerprint density at radius 3 is 0.641 bits per heavy atom. The highest BCUT2D eigenvalue weighted by Gasteiger charge is 2.24. The quantitative estimate of drug-likeness (QED) is 0.247. The van der Waals surface area contributed by atoms with Gasteiger partial charge in [0.2, 0.25) is 0 Å². The molecule has 10 heteroatoms. The molecule has 0 aromatic rings. The summed E-state index contributed by atoms with van der Waals surface area (Å²) < 4.78 is 12.7. The SMILES string of the molecule is CCC.CCC.C[SiH2]C.C[SiH2]C(C)(C)[SiH2]C.C[SiH2]C(C)C.C[Si](C)(C)O[Si](C)(C)C.C[Si](C)(C)O[Si](C)(C)C. The molecule has 248 valence electrons. The van der Waals surface area contributed by atoms with Crippen LogP contribution >= 0.6 is 0 Å². The zero-order valence-electron chi connectivity index (χ0n) is 33.1. The molecule has 0 aromatic carbocycles. The molecule has 0 spiro atoms. The standard InChI is InChI=1S/2C6H18OSi2.C5H16Si2.C4H12Si.2C3H8.C2H8Si/c2*1-8(2,3)7-9(4,5)6;1-5(2,6-3)7-4;1-4(2)5-3;3*1-3-2/h2*1-6H3;6-7H2,1-4H3;4H,5H2,1-3H3;3*3H2,1-2H3. The Balaban J connectivity index is -0.0000000643. The molecule has 0 aliphatic heterocycles. The van der Waals surface area contributed by atoms with Crippen LogP contribution in [0.4, 0.5) is 0 Å². The van der Waals surface area contributed by atoms with Crippen molar-refractivity contribution < 1.29 is 8.23 Å². The average Bonchev–Trinajstić information content (AvgIpc) is 2.65. The van der Waals surface area contributed by atoms with Crippen LogP contribution in [0.15, 0.2) is 0 Å². The van der Waals surface area contributed by atoms with Crippen LogP contribution in [0.2, 0.25) is 122 Å². The summed E-state index contributed by atoms with van der Waals surface area (Å²) in [5, 5.41) is 0. The molecule has 0 rings (SSSR count). The summed E-state index contributed by atoms with van der Waals surface area (Å²) in [5.41, 5.74) is 1.02. The molecule has 0 saturated carbocycles. The Morgan fingerprint density at radius 2 is 0.641 bits per heavy atom. The maximum Gasteiger partial charge on any atom is 0.170 e. The van der Waals surface area contributed by atoms with Crippen molar-refractivity contribution in [3.05, 3.63) is 0 Å². The lowest BCUT2D eigenvalue weighted by Crippen LogP contribution is -2.39. The fourth-order valence-electron chi connectivity index (χ4n) is 2.09. The van der Waals surface area contributed by atoms with Crippen LogP contribution in [0.1, 0.15) is 68.2 Å². The minimum atomic E-state index is -1.23. The van der Waals surface area contributed by atoms with Gasteiger partial charge < -0.3 is 8.23 Å². The second kappa shape index (κ2) is 32.6. The summed E-state index contributed by atoms with van der Waals surface area (Å²) in [7, 11) is -3.55. The molecule has 0 N–H and O–H groups in total. The number of rotatable bonds is 7. The first-order chi connectivity index (χ1) is 17.0. The molecule has 2 nitrogen and oxygen atoms in total. The molecule has 0 aliphatic rings. The molecule has 0 saturated heterocycles. The number of hydrogen-bond donors (Lipinski definition) is 0. The summed E-state index contributed by atoms with van der Waals surface area (Å²) in [6.45, 7) is 56.5. The van der Waals surface area contributed by atoms with Gasteiger partial charge in [0.15, 0.2) is 33.3 Å². The third kappa shape index (κ3) is 120. The maximum atomic E-state index is 5.90. The van der Waals surface area contributed by atoms with Crippen LogP contribution in [-0.2, 0) is 8.23 Å². The average molecular weight is 694 g/mol. The van der Waals surface area contributed by atoms with E-state index in [4.69, 9.17) is 8.23 Å².